The highest BCUT2D eigenvalue weighted by Gasteiger charge is 2.46. The summed E-state index contributed by atoms with van der Waals surface area (Å²) in [6.07, 6.45) is 1.38. The van der Waals surface area contributed by atoms with E-state index in [2.05, 4.69) is 11.9 Å². The zero-order valence-electron chi connectivity index (χ0n) is 13.8. The van der Waals surface area contributed by atoms with Crippen LogP contribution in [0.1, 0.15) is 51.4 Å². The van der Waals surface area contributed by atoms with E-state index < -0.39 is 18.0 Å². The molecule has 1 saturated carbocycles. The first-order chi connectivity index (χ1) is 10.9. The van der Waals surface area contributed by atoms with Crippen molar-refractivity contribution in [1.29, 1.82) is 0 Å². The summed E-state index contributed by atoms with van der Waals surface area (Å²) < 4.78 is 39.0. The Labute approximate surface area is 136 Å². The fourth-order valence-corrected chi connectivity index (χ4v) is 4.83. The molecule has 4 atom stereocenters. The fraction of sp³-hybridized carbons (Fsp3) is 0.941. The van der Waals surface area contributed by atoms with Gasteiger partial charge in [0.1, 0.15) is 0 Å². The summed E-state index contributed by atoms with van der Waals surface area (Å²) in [5.41, 5.74) is 0. The minimum absolute atomic E-state index is 0.00788. The Morgan fingerprint density at radius 1 is 0.957 bits per heavy atom. The number of likely N-dealkylation sites (tertiary alicyclic amines) is 2. The van der Waals surface area contributed by atoms with Crippen LogP contribution < -0.4 is 0 Å². The maximum absolute atomic E-state index is 13.0. The van der Waals surface area contributed by atoms with E-state index in [0.29, 0.717) is 18.9 Å². The molecule has 2 heterocycles. The fourth-order valence-electron chi connectivity index (χ4n) is 4.83. The number of hydrogen-bond donors (Lipinski definition) is 0. The van der Waals surface area contributed by atoms with E-state index in [4.69, 9.17) is 0 Å². The van der Waals surface area contributed by atoms with Gasteiger partial charge in [0.25, 0.3) is 0 Å². The summed E-state index contributed by atoms with van der Waals surface area (Å²) in [6, 6.07) is 0.602. The van der Waals surface area contributed by atoms with Crippen molar-refractivity contribution in [3.05, 3.63) is 0 Å². The number of likely N-dealkylation sites (N-methyl/N-ethyl adjacent to an activating group) is 1. The topological polar surface area (TPSA) is 23.6 Å². The number of amides is 1. The molecule has 132 valence electrons. The highest BCUT2D eigenvalue weighted by molar-refractivity contribution is 5.79. The smallest absolute Gasteiger partial charge is 0.338 e. The average molecular weight is 332 g/mol. The highest BCUT2D eigenvalue weighted by Crippen LogP contribution is 2.41. The van der Waals surface area contributed by atoms with Crippen LogP contribution in [0.3, 0.4) is 0 Å². The summed E-state index contributed by atoms with van der Waals surface area (Å²) in [6.45, 7) is 1.78. The lowest BCUT2D eigenvalue weighted by atomic mass is 9.80. The van der Waals surface area contributed by atoms with Gasteiger partial charge in [0.15, 0.2) is 0 Å². The molecule has 2 saturated heterocycles. The van der Waals surface area contributed by atoms with Crippen molar-refractivity contribution in [2.45, 2.75) is 69.6 Å². The van der Waals surface area contributed by atoms with Crippen LogP contribution in [0, 0.1) is 11.8 Å². The minimum Gasteiger partial charge on any atom is -0.338 e. The molecule has 23 heavy (non-hydrogen) atoms. The van der Waals surface area contributed by atoms with E-state index in [9.17, 15) is 18.0 Å². The normalized spacial score (nSPS) is 36.6. The SMILES string of the molecule is CN1CCC[C@@H]1[C@@H]1CCCN1C(=O)[C@H]1CCC[C@H](C(F)(F)F)C1. The number of carbonyl (C=O) groups is 1. The number of carbonyl (C=O) groups excluding carboxylic acids is 1. The molecule has 0 bridgehead atoms. The Hall–Kier alpha value is -0.780. The molecule has 0 spiro atoms. The highest BCUT2D eigenvalue weighted by atomic mass is 19.4. The van der Waals surface area contributed by atoms with Gasteiger partial charge in [-0.25, -0.2) is 0 Å². The van der Waals surface area contributed by atoms with Gasteiger partial charge in [0.05, 0.1) is 5.92 Å². The van der Waals surface area contributed by atoms with Crippen molar-refractivity contribution < 1.29 is 18.0 Å². The van der Waals surface area contributed by atoms with Crippen molar-refractivity contribution >= 4 is 5.91 Å². The predicted octanol–water partition coefficient (Wildman–Crippen LogP) is 3.44. The first-order valence-electron chi connectivity index (χ1n) is 8.95. The molecule has 0 aromatic rings. The Kier molecular flexibility index (Phi) is 4.90. The average Bonchev–Trinajstić information content (AvgIpc) is 3.14. The van der Waals surface area contributed by atoms with E-state index in [-0.39, 0.29) is 24.8 Å². The second kappa shape index (κ2) is 6.61. The third-order valence-electron chi connectivity index (χ3n) is 6.09. The van der Waals surface area contributed by atoms with E-state index in [1.807, 2.05) is 4.90 Å². The van der Waals surface area contributed by atoms with Gasteiger partial charge >= 0.3 is 6.18 Å². The van der Waals surface area contributed by atoms with Gasteiger partial charge in [0.2, 0.25) is 5.91 Å². The lowest BCUT2D eigenvalue weighted by molar-refractivity contribution is -0.187. The third kappa shape index (κ3) is 3.52. The minimum atomic E-state index is -4.16. The molecule has 0 N–H and O–H groups in total. The van der Waals surface area contributed by atoms with E-state index in [1.165, 1.54) is 0 Å². The van der Waals surface area contributed by atoms with Crippen LogP contribution in [0.2, 0.25) is 0 Å². The molecule has 1 aliphatic carbocycles. The standard InChI is InChI=1S/C17H27F3N2O/c1-21-9-3-7-14(21)15-8-4-10-22(15)16(23)12-5-2-6-13(11-12)17(18,19)20/h12-15H,2-11H2,1H3/t12-,13-,14+,15-/m0/s1. The number of hydrogen-bond acceptors (Lipinski definition) is 2. The summed E-state index contributed by atoms with van der Waals surface area (Å²) in [7, 11) is 2.10. The monoisotopic (exact) mass is 332 g/mol. The molecule has 3 nitrogen and oxygen atoms in total. The summed E-state index contributed by atoms with van der Waals surface area (Å²) >= 11 is 0. The Balaban J connectivity index is 1.66. The van der Waals surface area contributed by atoms with Crippen molar-refractivity contribution in [1.82, 2.24) is 9.80 Å². The quantitative estimate of drug-likeness (QED) is 0.773. The molecular weight excluding hydrogens is 305 g/mol. The predicted molar refractivity (Wildman–Crippen MR) is 81.9 cm³/mol. The van der Waals surface area contributed by atoms with Crippen molar-refractivity contribution in [2.24, 2.45) is 11.8 Å². The molecule has 3 fully saturated rings. The number of nitrogens with zero attached hydrogens (tertiary/aromatic N) is 2. The van der Waals surface area contributed by atoms with Crippen LogP contribution in [0.25, 0.3) is 0 Å². The lowest BCUT2D eigenvalue weighted by Crippen LogP contribution is -2.49. The van der Waals surface area contributed by atoms with Crippen LogP contribution >= 0.6 is 0 Å². The van der Waals surface area contributed by atoms with Crippen LogP contribution in [0.5, 0.6) is 0 Å². The number of halogens is 3. The van der Waals surface area contributed by atoms with Gasteiger partial charge < -0.3 is 9.80 Å². The van der Waals surface area contributed by atoms with Crippen LogP contribution in [-0.2, 0) is 4.79 Å². The van der Waals surface area contributed by atoms with Crippen molar-refractivity contribution in [2.75, 3.05) is 20.1 Å². The van der Waals surface area contributed by atoms with Crippen LogP contribution in [0.4, 0.5) is 13.2 Å². The largest absolute Gasteiger partial charge is 0.391 e. The molecular formula is C17H27F3N2O. The molecule has 3 rings (SSSR count). The van der Waals surface area contributed by atoms with Crippen LogP contribution in [-0.4, -0.2) is 54.1 Å². The van der Waals surface area contributed by atoms with E-state index in [0.717, 1.165) is 38.8 Å². The van der Waals surface area contributed by atoms with E-state index >= 15 is 0 Å². The molecule has 6 heteroatoms. The second-order valence-corrected chi connectivity index (χ2v) is 7.53. The second-order valence-electron chi connectivity index (χ2n) is 7.53. The summed E-state index contributed by atoms with van der Waals surface area (Å²) in [4.78, 5) is 17.1. The summed E-state index contributed by atoms with van der Waals surface area (Å²) in [5, 5.41) is 0. The molecule has 0 radical (unpaired) electrons. The van der Waals surface area contributed by atoms with Crippen molar-refractivity contribution in [3.8, 4) is 0 Å². The van der Waals surface area contributed by atoms with Gasteiger partial charge in [0, 0.05) is 24.5 Å². The van der Waals surface area contributed by atoms with Gasteiger partial charge in [-0.2, -0.15) is 13.2 Å². The Morgan fingerprint density at radius 3 is 2.30 bits per heavy atom. The van der Waals surface area contributed by atoms with Gasteiger partial charge in [-0.3, -0.25) is 4.79 Å². The number of alkyl halides is 3. The lowest BCUT2D eigenvalue weighted by Gasteiger charge is -2.37. The molecule has 0 aromatic carbocycles. The van der Waals surface area contributed by atoms with Gasteiger partial charge in [-0.15, -0.1) is 0 Å². The Morgan fingerprint density at radius 2 is 1.65 bits per heavy atom. The Bertz CT molecular complexity index is 440. The zero-order chi connectivity index (χ0) is 16.6. The van der Waals surface area contributed by atoms with Gasteiger partial charge in [-0.1, -0.05) is 6.42 Å². The maximum atomic E-state index is 13.0. The first-order valence-corrected chi connectivity index (χ1v) is 8.95. The van der Waals surface area contributed by atoms with Gasteiger partial charge in [-0.05, 0) is 58.5 Å². The summed E-state index contributed by atoms with van der Waals surface area (Å²) in [5.74, 6) is -1.73. The maximum Gasteiger partial charge on any atom is 0.391 e. The molecule has 0 unspecified atom stereocenters. The zero-order valence-corrected chi connectivity index (χ0v) is 13.8. The van der Waals surface area contributed by atoms with Crippen LogP contribution in [0.15, 0.2) is 0 Å². The molecule has 0 aromatic heterocycles. The van der Waals surface area contributed by atoms with E-state index in [1.54, 1.807) is 0 Å². The first kappa shape index (κ1) is 17.1. The third-order valence-corrected chi connectivity index (χ3v) is 6.09. The molecule has 2 aliphatic heterocycles. The number of rotatable bonds is 2. The molecule has 3 aliphatic rings. The van der Waals surface area contributed by atoms with Crippen molar-refractivity contribution in [3.63, 3.8) is 0 Å². The molecule has 1 amide bonds.